The molecule has 3 N–H and O–H groups in total. The molecule has 0 aliphatic carbocycles. The summed E-state index contributed by atoms with van der Waals surface area (Å²) in [5.74, 6) is -0.0825. The summed E-state index contributed by atoms with van der Waals surface area (Å²) in [6.45, 7) is 3.59. The van der Waals surface area contributed by atoms with Gasteiger partial charge in [0.15, 0.2) is 0 Å². The molecule has 0 aromatic heterocycles. The molecule has 1 aliphatic rings. The van der Waals surface area contributed by atoms with Gasteiger partial charge in [-0.1, -0.05) is 13.0 Å². The fourth-order valence-electron chi connectivity index (χ4n) is 1.20. The summed E-state index contributed by atoms with van der Waals surface area (Å²) in [7, 11) is 0. The molecule has 4 unspecified atom stereocenters. The average molecular weight is 841 g/mol. The predicted octanol–water partition coefficient (Wildman–Crippen LogP) is 0.141. The Kier molecular flexibility index (Phi) is 18.3. The molecule has 4 nitrogen and oxygen atoms in total. The molecule has 3 radical (unpaired) electrons. The third-order valence-corrected chi connectivity index (χ3v) is 2.31. The van der Waals surface area contributed by atoms with Crippen LogP contribution >= 0.6 is 0 Å². The van der Waals surface area contributed by atoms with Gasteiger partial charge in [0.05, 0.1) is 6.10 Å². The van der Waals surface area contributed by atoms with Crippen LogP contribution in [-0.2, 0) is 4.74 Å². The Morgan fingerprint density at radius 2 is 1.50 bits per heavy atom. The van der Waals surface area contributed by atoms with Crippen molar-refractivity contribution in [2.24, 2.45) is 5.92 Å². The van der Waals surface area contributed by atoms with Crippen LogP contribution in [0.4, 0.5) is 0 Å². The molecule has 5 atom stereocenters. The summed E-state index contributed by atoms with van der Waals surface area (Å²) in [5.41, 5.74) is 7.28. The Bertz CT molecular complexity index is 138. The van der Waals surface area contributed by atoms with E-state index in [1.54, 1.807) is 6.92 Å². The first kappa shape index (κ1) is 23.3. The van der Waals surface area contributed by atoms with E-state index in [2.05, 4.69) is 0 Å². The van der Waals surface area contributed by atoms with Gasteiger partial charge in [0.25, 0.3) is 0 Å². The van der Waals surface area contributed by atoms with Crippen LogP contribution in [0.1, 0.15) is 13.8 Å². The van der Waals surface area contributed by atoms with Crippen molar-refractivity contribution in [1.29, 1.82) is 0 Å². The maximum atomic E-state index is 9.36. The van der Waals surface area contributed by atoms with E-state index < -0.39 is 18.4 Å². The average Bonchev–Trinajstić information content (AvgIpc) is 1.97. The van der Waals surface area contributed by atoms with Gasteiger partial charge in [-0.2, -0.15) is 0 Å². The van der Waals surface area contributed by atoms with E-state index in [4.69, 9.17) is 15.6 Å². The van der Waals surface area contributed by atoms with Crippen LogP contribution < -0.4 is 0 Å². The molecule has 1 rings (SSSR count). The molecule has 1 aliphatic heterocycles. The molecule has 0 bridgehead atoms. The van der Waals surface area contributed by atoms with Crippen molar-refractivity contribution >= 4 is 0 Å². The minimum absolute atomic E-state index is 0. The first-order chi connectivity index (χ1) is 5.04. The quantitative estimate of drug-likeness (QED) is 0.365. The van der Waals surface area contributed by atoms with Gasteiger partial charge in [-0.25, -0.2) is 0 Å². The number of nitrogens with one attached hydrogen (secondary N) is 1. The molecule has 0 amide bonds. The first-order valence-corrected chi connectivity index (χ1v) is 3.76. The molecule has 7 heteroatoms. The third-order valence-electron chi connectivity index (χ3n) is 2.31. The monoisotopic (exact) mass is 841 g/mol. The van der Waals surface area contributed by atoms with Crippen LogP contribution in [0, 0.1) is 138 Å². The molecular weight excluding hydrogens is 827 g/mol. The van der Waals surface area contributed by atoms with Gasteiger partial charge in [-0.05, 0) is 6.92 Å². The van der Waals surface area contributed by atoms with Crippen molar-refractivity contribution < 1.29 is 147 Å². The van der Waals surface area contributed by atoms with Crippen molar-refractivity contribution in [3.8, 4) is 0 Å². The number of ether oxygens (including phenoxy) is 1. The second-order valence-corrected chi connectivity index (χ2v) is 3.11. The Morgan fingerprint density at radius 3 is 1.93 bits per heavy atom. The Labute approximate surface area is 192 Å². The minimum atomic E-state index is -1.14. The summed E-state index contributed by atoms with van der Waals surface area (Å²) in [6, 6.07) is -0.929. The maximum absolute atomic E-state index is 9.36. The SMILES string of the molecule is CC1OC(O)C([NH-])C(O)[C@@H]1C.[Ac].[Ac].[Ac]. The Balaban J connectivity index is -0.000000403. The summed E-state index contributed by atoms with van der Waals surface area (Å²) in [4.78, 5) is 0. The number of hydrogen-bond donors (Lipinski definition) is 2. The fraction of sp³-hybridized carbons (Fsp3) is 1.00. The van der Waals surface area contributed by atoms with Crippen LogP contribution in [0.3, 0.4) is 0 Å². The minimum Gasteiger partial charge on any atom is -0.668 e. The molecule has 14 heavy (non-hydrogen) atoms. The zero-order valence-electron chi connectivity index (χ0n) is 8.42. The topological polar surface area (TPSA) is 73.5 Å². The molecule has 1 heterocycles. The number of rotatable bonds is 0. The standard InChI is InChI=1S/C7H14NO3.3Ac/c1-3-4(2)11-7(10)5(8)6(3)9;;;/h3-10H,1-2H3;;;/q-1;;;/t3-,4?,5?,6?,7?;;;/m1.../s1. The van der Waals surface area contributed by atoms with Crippen molar-refractivity contribution in [1.82, 2.24) is 0 Å². The van der Waals surface area contributed by atoms with Crippen molar-refractivity contribution in [3.63, 3.8) is 0 Å². The van der Waals surface area contributed by atoms with Gasteiger partial charge in [-0.15, -0.1) is 0 Å². The molecular formula is C7H14Ac3NO3-. The molecule has 1 saturated heterocycles. The van der Waals surface area contributed by atoms with Crippen LogP contribution in [0.2, 0.25) is 0 Å². The molecule has 75 valence electrons. The van der Waals surface area contributed by atoms with E-state index in [1.165, 1.54) is 0 Å². The normalized spacial score (nSPS) is 41.4. The second kappa shape index (κ2) is 11.0. The van der Waals surface area contributed by atoms with Crippen molar-refractivity contribution in [2.45, 2.75) is 38.4 Å². The van der Waals surface area contributed by atoms with Crippen LogP contribution in [0.15, 0.2) is 0 Å². The van der Waals surface area contributed by atoms with E-state index >= 15 is 0 Å². The molecule has 1 fully saturated rings. The van der Waals surface area contributed by atoms with Crippen LogP contribution in [0.5, 0.6) is 0 Å². The van der Waals surface area contributed by atoms with Gasteiger partial charge in [0, 0.05) is 144 Å². The van der Waals surface area contributed by atoms with Gasteiger partial charge in [0.2, 0.25) is 0 Å². The van der Waals surface area contributed by atoms with Crippen LogP contribution in [0.25, 0.3) is 5.73 Å². The maximum Gasteiger partial charge on any atom is 0.141 e. The summed E-state index contributed by atoms with van der Waals surface area (Å²) >= 11 is 0. The van der Waals surface area contributed by atoms with E-state index in [-0.39, 0.29) is 144 Å². The van der Waals surface area contributed by atoms with Crippen LogP contribution in [-0.4, -0.2) is 34.8 Å². The first-order valence-electron chi connectivity index (χ1n) is 3.76. The van der Waals surface area contributed by atoms with Gasteiger partial charge >= 0.3 is 0 Å². The molecule has 0 saturated carbocycles. The Morgan fingerprint density at radius 1 is 1.07 bits per heavy atom. The van der Waals surface area contributed by atoms with Crippen molar-refractivity contribution in [2.75, 3.05) is 0 Å². The van der Waals surface area contributed by atoms with Crippen molar-refractivity contribution in [3.05, 3.63) is 5.73 Å². The Hall–Kier alpha value is 4.16. The third kappa shape index (κ3) is 6.37. The molecule has 0 aromatic rings. The second-order valence-electron chi connectivity index (χ2n) is 3.11. The number of aliphatic hydroxyl groups is 2. The van der Waals surface area contributed by atoms with E-state index in [1.807, 2.05) is 6.92 Å². The zero-order chi connectivity index (χ0) is 8.59. The van der Waals surface area contributed by atoms with E-state index in [9.17, 15) is 5.11 Å². The zero-order valence-corrected chi connectivity index (χ0v) is 22.7. The van der Waals surface area contributed by atoms with Gasteiger partial charge in [-0.3, -0.25) is 0 Å². The van der Waals surface area contributed by atoms with E-state index in [0.717, 1.165) is 0 Å². The predicted molar refractivity (Wildman–Crippen MR) is 39.8 cm³/mol. The van der Waals surface area contributed by atoms with Gasteiger partial charge in [0.1, 0.15) is 6.29 Å². The fourth-order valence-corrected chi connectivity index (χ4v) is 1.20. The number of hydrogen-bond acceptors (Lipinski definition) is 3. The smallest absolute Gasteiger partial charge is 0.141 e. The summed E-state index contributed by atoms with van der Waals surface area (Å²) < 4.78 is 4.99. The summed E-state index contributed by atoms with van der Waals surface area (Å²) in [5, 5.41) is 18.4. The molecule has 0 aromatic carbocycles. The van der Waals surface area contributed by atoms with E-state index in [0.29, 0.717) is 0 Å². The van der Waals surface area contributed by atoms with Gasteiger partial charge < -0.3 is 20.7 Å². The largest absolute Gasteiger partial charge is 0.668 e. The number of aliphatic hydroxyl groups excluding tert-OH is 2. The molecule has 0 spiro atoms. The summed E-state index contributed by atoms with van der Waals surface area (Å²) in [6.07, 6.45) is -2.11.